The van der Waals surface area contributed by atoms with Gasteiger partial charge in [0, 0.05) is 18.1 Å². The van der Waals surface area contributed by atoms with Gasteiger partial charge in [-0.2, -0.15) is 5.10 Å². The Kier molecular flexibility index (Phi) is 6.70. The van der Waals surface area contributed by atoms with Crippen molar-refractivity contribution in [1.82, 2.24) is 14.1 Å². The fourth-order valence-electron chi connectivity index (χ4n) is 5.09. The number of hydrogen-bond donors (Lipinski definition) is 0. The maximum Gasteiger partial charge on any atom is 0.193 e. The molecule has 172 valence electrons. The lowest BCUT2D eigenvalue weighted by Gasteiger charge is -2.38. The van der Waals surface area contributed by atoms with E-state index in [-0.39, 0.29) is 0 Å². The number of methoxy groups -OCH3 is 2. The molecule has 1 saturated heterocycles. The van der Waals surface area contributed by atoms with Crippen LogP contribution in [-0.2, 0) is 4.74 Å². The van der Waals surface area contributed by atoms with E-state index >= 15 is 0 Å². The highest BCUT2D eigenvalue weighted by Gasteiger charge is 2.41. The Morgan fingerprint density at radius 2 is 2.06 bits per heavy atom. The smallest absolute Gasteiger partial charge is 0.193 e. The maximum atomic E-state index is 5.82. The Bertz CT molecular complexity index is 1110. The van der Waals surface area contributed by atoms with Gasteiger partial charge in [0.25, 0.3) is 0 Å². The number of ether oxygens (including phenoxy) is 3. The molecular weight excluding hydrogens is 422 g/mol. The monoisotopic (exact) mass is 456 g/mol. The molecule has 0 radical (unpaired) electrons. The fraction of sp³-hybridized carbons (Fsp3) is 0.480. The second-order valence-corrected chi connectivity index (χ2v) is 9.39. The summed E-state index contributed by atoms with van der Waals surface area (Å²) in [6, 6.07) is 10.9. The van der Waals surface area contributed by atoms with Crippen LogP contribution in [0.15, 0.2) is 35.4 Å². The molecule has 2 unspecified atom stereocenters. The zero-order valence-electron chi connectivity index (χ0n) is 20.0. The number of likely N-dealkylation sites (N-methyl/N-ethyl adjacent to an activating group) is 1. The largest absolute Gasteiger partial charge is 0.497 e. The van der Waals surface area contributed by atoms with Crippen molar-refractivity contribution in [3.63, 3.8) is 0 Å². The van der Waals surface area contributed by atoms with Gasteiger partial charge in [-0.25, -0.2) is 4.52 Å². The van der Waals surface area contributed by atoms with Crippen LogP contribution in [0.4, 0.5) is 5.69 Å². The third-order valence-electron chi connectivity index (χ3n) is 6.69. The van der Waals surface area contributed by atoms with Gasteiger partial charge < -0.3 is 14.2 Å². The predicted octanol–water partition coefficient (Wildman–Crippen LogP) is 5.18. The van der Waals surface area contributed by atoms with Crippen LogP contribution in [0.25, 0.3) is 16.8 Å². The minimum absolute atomic E-state index is 0.440. The van der Waals surface area contributed by atoms with Crippen LogP contribution in [0.1, 0.15) is 25.3 Å². The molecule has 1 aliphatic heterocycles. The number of thioether (sulfide) groups is 1. The quantitative estimate of drug-likeness (QED) is 0.345. The first-order chi connectivity index (χ1) is 15.5. The summed E-state index contributed by atoms with van der Waals surface area (Å²) in [7, 11) is 5.73. The molecule has 32 heavy (non-hydrogen) atoms. The molecular formula is C25H34N3O3S+. The lowest BCUT2D eigenvalue weighted by atomic mass is 10.0. The van der Waals surface area contributed by atoms with E-state index in [0.717, 1.165) is 75.9 Å². The van der Waals surface area contributed by atoms with Gasteiger partial charge in [0.1, 0.15) is 23.1 Å². The Hall–Kier alpha value is -2.22. The Labute approximate surface area is 195 Å². The zero-order chi connectivity index (χ0) is 22.9. The average molecular weight is 457 g/mol. The maximum absolute atomic E-state index is 5.82. The number of benzene rings is 1. The van der Waals surface area contributed by atoms with Gasteiger partial charge in [0.2, 0.25) is 0 Å². The molecule has 6 nitrogen and oxygen atoms in total. The number of aryl methyl sites for hydroxylation is 1. The fourth-order valence-corrected chi connectivity index (χ4v) is 5.76. The molecule has 1 fully saturated rings. The summed E-state index contributed by atoms with van der Waals surface area (Å²) in [5.74, 6) is 1.57. The molecule has 0 bridgehead atoms. The van der Waals surface area contributed by atoms with Crippen molar-refractivity contribution in [1.29, 1.82) is 0 Å². The molecule has 4 rings (SSSR count). The van der Waals surface area contributed by atoms with Crippen molar-refractivity contribution < 1.29 is 14.2 Å². The molecule has 0 aliphatic carbocycles. The molecule has 0 saturated carbocycles. The van der Waals surface area contributed by atoms with Gasteiger partial charge in [-0.05, 0) is 43.4 Å². The van der Waals surface area contributed by atoms with E-state index < -0.39 is 0 Å². The number of quaternary nitrogens is 1. The summed E-state index contributed by atoms with van der Waals surface area (Å²) < 4.78 is 20.0. The van der Waals surface area contributed by atoms with Crippen LogP contribution >= 0.6 is 11.8 Å². The van der Waals surface area contributed by atoms with Gasteiger partial charge in [-0.3, -0.25) is 4.48 Å². The average Bonchev–Trinajstić information content (AvgIpc) is 3.47. The first kappa shape index (κ1) is 23.0. The zero-order valence-corrected chi connectivity index (χ0v) is 20.8. The van der Waals surface area contributed by atoms with Crippen molar-refractivity contribution >= 4 is 23.0 Å². The molecule has 0 spiro atoms. The standard InChI is InChI=1S/C25H34N3O3S/c1-7-12-28(3,18-11-13-31-16-18)24-21-10-8-9-20(27(21)26-25(24)32-6)23-17(2)14-19(29-4)15-22(23)30-5/h8-10,14-15,18H,7,11-13,16H2,1-6H3/q+1. The van der Waals surface area contributed by atoms with E-state index in [9.17, 15) is 0 Å². The minimum atomic E-state index is 0.440. The van der Waals surface area contributed by atoms with Crippen molar-refractivity contribution in [2.45, 2.75) is 37.8 Å². The van der Waals surface area contributed by atoms with Crippen LogP contribution in [0, 0.1) is 6.92 Å². The number of fused-ring (bicyclic) bond motifs is 1. The van der Waals surface area contributed by atoms with E-state index in [1.54, 1.807) is 26.0 Å². The number of nitrogens with zero attached hydrogens (tertiary/aromatic N) is 3. The minimum Gasteiger partial charge on any atom is -0.497 e. The van der Waals surface area contributed by atoms with Crippen LogP contribution in [0.5, 0.6) is 11.5 Å². The highest BCUT2D eigenvalue weighted by molar-refractivity contribution is 7.98. The van der Waals surface area contributed by atoms with E-state index in [1.165, 1.54) is 5.69 Å². The predicted molar refractivity (Wildman–Crippen MR) is 132 cm³/mol. The van der Waals surface area contributed by atoms with Crippen LogP contribution in [-0.4, -0.2) is 62.9 Å². The molecule has 1 aromatic carbocycles. The topological polar surface area (TPSA) is 45.0 Å². The first-order valence-corrected chi connectivity index (χ1v) is 12.4. The van der Waals surface area contributed by atoms with Crippen molar-refractivity contribution in [2.24, 2.45) is 0 Å². The summed E-state index contributed by atoms with van der Waals surface area (Å²) >= 11 is 1.72. The highest BCUT2D eigenvalue weighted by Crippen LogP contribution is 2.43. The van der Waals surface area contributed by atoms with Crippen LogP contribution in [0.2, 0.25) is 0 Å². The lowest BCUT2D eigenvalue weighted by molar-refractivity contribution is 0.160. The Morgan fingerprint density at radius 3 is 2.69 bits per heavy atom. The lowest BCUT2D eigenvalue weighted by Crippen LogP contribution is -2.54. The van der Waals surface area contributed by atoms with E-state index in [0.29, 0.717) is 6.04 Å². The van der Waals surface area contributed by atoms with Crippen molar-refractivity contribution in [3.8, 4) is 22.8 Å². The molecule has 1 aliphatic rings. The molecule has 2 aromatic heterocycles. The van der Waals surface area contributed by atoms with Gasteiger partial charge in [-0.1, -0.05) is 13.0 Å². The molecule has 3 aromatic rings. The van der Waals surface area contributed by atoms with Gasteiger partial charge in [0.05, 0.1) is 46.7 Å². The second-order valence-electron chi connectivity index (χ2n) is 8.60. The summed E-state index contributed by atoms with van der Waals surface area (Å²) in [5, 5.41) is 6.20. The van der Waals surface area contributed by atoms with Crippen LogP contribution < -0.4 is 14.0 Å². The molecule has 2 atom stereocenters. The van der Waals surface area contributed by atoms with Gasteiger partial charge in [-0.15, -0.1) is 11.8 Å². The number of aromatic nitrogens is 2. The third-order valence-corrected chi connectivity index (χ3v) is 7.35. The van der Waals surface area contributed by atoms with Crippen molar-refractivity contribution in [3.05, 3.63) is 35.9 Å². The summed E-state index contributed by atoms with van der Waals surface area (Å²) in [5.41, 5.74) is 5.58. The van der Waals surface area contributed by atoms with E-state index in [1.807, 2.05) is 12.1 Å². The number of hydrogen-bond acceptors (Lipinski definition) is 5. The van der Waals surface area contributed by atoms with Crippen molar-refractivity contribution in [2.75, 3.05) is 47.3 Å². The Balaban J connectivity index is 1.98. The third kappa shape index (κ3) is 3.76. The normalized spacial score (nSPS) is 18.1. The summed E-state index contributed by atoms with van der Waals surface area (Å²) in [6.07, 6.45) is 4.29. The number of rotatable bonds is 8. The summed E-state index contributed by atoms with van der Waals surface area (Å²) in [4.78, 5) is 0. The number of pyridine rings is 1. The van der Waals surface area contributed by atoms with Gasteiger partial charge in [0.15, 0.2) is 10.7 Å². The first-order valence-electron chi connectivity index (χ1n) is 11.2. The SMILES string of the molecule is CCC[N+](C)(c1c(SC)nn2c(-c3c(C)cc(OC)cc3OC)cccc12)C1CCOC1. The second kappa shape index (κ2) is 9.33. The van der Waals surface area contributed by atoms with E-state index in [4.69, 9.17) is 19.3 Å². The van der Waals surface area contributed by atoms with Crippen LogP contribution in [0.3, 0.4) is 0 Å². The molecule has 3 heterocycles. The molecule has 0 N–H and O–H groups in total. The highest BCUT2D eigenvalue weighted by atomic mass is 32.2. The van der Waals surface area contributed by atoms with E-state index in [2.05, 4.69) is 49.9 Å². The Morgan fingerprint density at radius 1 is 1.25 bits per heavy atom. The molecule has 0 amide bonds. The van der Waals surface area contributed by atoms with Gasteiger partial charge >= 0.3 is 0 Å². The summed E-state index contributed by atoms with van der Waals surface area (Å²) in [6.45, 7) is 7.04. The molecule has 7 heteroatoms.